The van der Waals surface area contributed by atoms with E-state index in [-0.39, 0.29) is 30.3 Å². The van der Waals surface area contributed by atoms with Gasteiger partial charge in [-0.25, -0.2) is 0 Å². The number of imide groups is 1. The SMILES string of the molecule is COc1ccccc1CN1C(=O)[C@H]2[C@@H](C1=O)[C@]1(N[C@@H]2CC(C)C)C(=O)Nc2ccccc21. The average Bonchev–Trinajstić information content (AvgIpc) is 3.34. The molecule has 0 aliphatic carbocycles. The number of methoxy groups -OCH3 is 1. The minimum Gasteiger partial charge on any atom is -0.496 e. The minimum atomic E-state index is -1.23. The first kappa shape index (κ1) is 20.7. The highest BCUT2D eigenvalue weighted by molar-refractivity contribution is 6.15. The number of rotatable bonds is 5. The summed E-state index contributed by atoms with van der Waals surface area (Å²) in [5, 5.41) is 6.40. The fraction of sp³-hybridized carbons (Fsp3) is 0.400. The first-order valence-corrected chi connectivity index (χ1v) is 11.0. The number of hydrogen-bond acceptors (Lipinski definition) is 5. The summed E-state index contributed by atoms with van der Waals surface area (Å²) in [4.78, 5) is 42.1. The summed E-state index contributed by atoms with van der Waals surface area (Å²) in [5.41, 5.74) is 0.961. The molecule has 0 unspecified atom stereocenters. The van der Waals surface area contributed by atoms with Gasteiger partial charge in [-0.15, -0.1) is 0 Å². The van der Waals surface area contributed by atoms with Crippen LogP contribution in [0.2, 0.25) is 0 Å². The van der Waals surface area contributed by atoms with Crippen molar-refractivity contribution in [1.82, 2.24) is 10.2 Å². The van der Waals surface area contributed by atoms with Crippen LogP contribution in [-0.4, -0.2) is 35.8 Å². The number of para-hydroxylation sites is 2. The summed E-state index contributed by atoms with van der Waals surface area (Å²) < 4.78 is 5.42. The number of ether oxygens (including phenoxy) is 1. The van der Waals surface area contributed by atoms with Crippen LogP contribution in [0.3, 0.4) is 0 Å². The molecule has 7 nitrogen and oxygen atoms in total. The van der Waals surface area contributed by atoms with E-state index in [1.807, 2.05) is 48.5 Å². The second-order valence-electron chi connectivity index (χ2n) is 9.27. The van der Waals surface area contributed by atoms with Crippen molar-refractivity contribution in [2.45, 2.75) is 38.4 Å². The van der Waals surface area contributed by atoms with Crippen LogP contribution in [0, 0.1) is 17.8 Å². The molecular weight excluding hydrogens is 406 g/mol. The summed E-state index contributed by atoms with van der Waals surface area (Å²) in [7, 11) is 1.57. The van der Waals surface area contributed by atoms with E-state index in [2.05, 4.69) is 24.5 Å². The van der Waals surface area contributed by atoms with Gasteiger partial charge in [0, 0.05) is 22.9 Å². The fourth-order valence-corrected chi connectivity index (χ4v) is 5.69. The summed E-state index contributed by atoms with van der Waals surface area (Å²) >= 11 is 0. The second kappa shape index (κ2) is 7.45. The Kier molecular flexibility index (Phi) is 4.82. The van der Waals surface area contributed by atoms with Crippen LogP contribution in [-0.2, 0) is 26.5 Å². The van der Waals surface area contributed by atoms with Crippen LogP contribution in [0.1, 0.15) is 31.4 Å². The van der Waals surface area contributed by atoms with E-state index in [1.54, 1.807) is 7.11 Å². The van der Waals surface area contributed by atoms with E-state index in [1.165, 1.54) is 4.90 Å². The Morgan fingerprint density at radius 2 is 1.75 bits per heavy atom. The average molecular weight is 434 g/mol. The largest absolute Gasteiger partial charge is 0.496 e. The first-order chi connectivity index (χ1) is 15.4. The molecule has 2 fully saturated rings. The molecule has 32 heavy (non-hydrogen) atoms. The Balaban J connectivity index is 1.59. The Morgan fingerprint density at radius 1 is 1.03 bits per heavy atom. The molecule has 0 radical (unpaired) electrons. The van der Waals surface area contributed by atoms with Crippen LogP contribution < -0.4 is 15.4 Å². The zero-order chi connectivity index (χ0) is 22.6. The lowest BCUT2D eigenvalue weighted by atomic mass is 9.76. The number of nitrogens with one attached hydrogen (secondary N) is 2. The predicted octanol–water partition coefficient (Wildman–Crippen LogP) is 2.66. The number of carbonyl (C=O) groups is 3. The summed E-state index contributed by atoms with van der Waals surface area (Å²) in [6.45, 7) is 4.29. The molecule has 3 aliphatic rings. The number of nitrogens with zero attached hydrogens (tertiary/aromatic N) is 1. The van der Waals surface area contributed by atoms with E-state index in [0.717, 1.165) is 11.1 Å². The third kappa shape index (κ3) is 2.80. The van der Waals surface area contributed by atoms with E-state index < -0.39 is 17.4 Å². The molecule has 5 rings (SSSR count). The quantitative estimate of drug-likeness (QED) is 0.708. The summed E-state index contributed by atoms with van der Waals surface area (Å²) in [6.07, 6.45) is 0.694. The zero-order valence-corrected chi connectivity index (χ0v) is 18.4. The first-order valence-electron chi connectivity index (χ1n) is 11.0. The van der Waals surface area contributed by atoms with Gasteiger partial charge in [-0.3, -0.25) is 24.6 Å². The molecule has 7 heteroatoms. The van der Waals surface area contributed by atoms with Gasteiger partial charge in [0.1, 0.15) is 11.3 Å². The smallest absolute Gasteiger partial charge is 0.250 e. The number of benzene rings is 2. The van der Waals surface area contributed by atoms with E-state index >= 15 is 0 Å². The van der Waals surface area contributed by atoms with Crippen LogP contribution in [0.15, 0.2) is 48.5 Å². The van der Waals surface area contributed by atoms with Gasteiger partial charge in [0.25, 0.3) is 0 Å². The van der Waals surface area contributed by atoms with Crippen LogP contribution in [0.25, 0.3) is 0 Å². The Hall–Kier alpha value is -3.19. The molecule has 4 atom stereocenters. The van der Waals surface area contributed by atoms with Crippen molar-refractivity contribution in [1.29, 1.82) is 0 Å². The van der Waals surface area contributed by atoms with Crippen LogP contribution in [0.5, 0.6) is 5.75 Å². The Bertz CT molecular complexity index is 1110. The number of fused-ring (bicyclic) bond motifs is 4. The molecule has 3 heterocycles. The molecule has 3 amide bonds. The molecule has 0 saturated carbocycles. The molecular formula is C25H27N3O4. The van der Waals surface area contributed by atoms with Gasteiger partial charge < -0.3 is 10.1 Å². The van der Waals surface area contributed by atoms with Crippen molar-refractivity contribution in [3.63, 3.8) is 0 Å². The number of carbonyl (C=O) groups excluding carboxylic acids is 3. The van der Waals surface area contributed by atoms with Crippen molar-refractivity contribution in [2.75, 3.05) is 12.4 Å². The monoisotopic (exact) mass is 433 g/mol. The fourth-order valence-electron chi connectivity index (χ4n) is 5.69. The van der Waals surface area contributed by atoms with E-state index in [0.29, 0.717) is 23.8 Å². The molecule has 0 aromatic heterocycles. The highest BCUT2D eigenvalue weighted by Crippen LogP contribution is 2.53. The molecule has 166 valence electrons. The zero-order valence-electron chi connectivity index (χ0n) is 18.4. The Labute approximate surface area is 187 Å². The predicted molar refractivity (Wildman–Crippen MR) is 119 cm³/mol. The topological polar surface area (TPSA) is 87.7 Å². The highest BCUT2D eigenvalue weighted by atomic mass is 16.5. The van der Waals surface area contributed by atoms with Gasteiger partial charge in [0.2, 0.25) is 17.7 Å². The molecule has 2 N–H and O–H groups in total. The van der Waals surface area contributed by atoms with Gasteiger partial charge in [-0.2, -0.15) is 0 Å². The maximum atomic E-state index is 13.8. The standard InChI is InChI=1S/C25H27N3O4/c1-14(2)12-18-20-21(25(27-18)16-9-5-6-10-17(16)26-24(25)31)23(30)28(22(20)29)13-15-8-4-7-11-19(15)32-3/h4-11,14,18,20-21,27H,12-13H2,1-3H3,(H,26,31)/t18-,20-,21+,25+/m1/s1. The number of hydrogen-bond donors (Lipinski definition) is 2. The van der Waals surface area contributed by atoms with Gasteiger partial charge in [0.05, 0.1) is 25.5 Å². The minimum absolute atomic E-state index is 0.127. The molecule has 0 bridgehead atoms. The lowest BCUT2D eigenvalue weighted by Crippen LogP contribution is -2.53. The van der Waals surface area contributed by atoms with Gasteiger partial charge in [-0.1, -0.05) is 50.2 Å². The van der Waals surface area contributed by atoms with Crippen molar-refractivity contribution in [2.24, 2.45) is 17.8 Å². The van der Waals surface area contributed by atoms with Crippen molar-refractivity contribution in [3.8, 4) is 5.75 Å². The lowest BCUT2D eigenvalue weighted by Gasteiger charge is -2.30. The highest BCUT2D eigenvalue weighted by Gasteiger charge is 2.70. The van der Waals surface area contributed by atoms with Crippen LogP contribution >= 0.6 is 0 Å². The molecule has 3 aliphatic heterocycles. The van der Waals surface area contributed by atoms with Crippen molar-refractivity contribution in [3.05, 3.63) is 59.7 Å². The van der Waals surface area contributed by atoms with E-state index in [9.17, 15) is 14.4 Å². The maximum Gasteiger partial charge on any atom is 0.250 e. The third-order valence-electron chi connectivity index (χ3n) is 6.96. The summed E-state index contributed by atoms with van der Waals surface area (Å²) in [6, 6.07) is 14.5. The Morgan fingerprint density at radius 3 is 2.50 bits per heavy atom. The summed E-state index contributed by atoms with van der Waals surface area (Å²) in [5.74, 6) is -1.24. The van der Waals surface area contributed by atoms with Gasteiger partial charge in [0.15, 0.2) is 0 Å². The van der Waals surface area contributed by atoms with Crippen molar-refractivity contribution >= 4 is 23.4 Å². The normalized spacial score (nSPS) is 28.4. The number of likely N-dealkylation sites (tertiary alicyclic amines) is 1. The van der Waals surface area contributed by atoms with Crippen LogP contribution in [0.4, 0.5) is 5.69 Å². The van der Waals surface area contributed by atoms with Gasteiger partial charge >= 0.3 is 0 Å². The molecule has 2 aromatic rings. The second-order valence-corrected chi connectivity index (χ2v) is 9.27. The number of amides is 3. The molecule has 1 spiro atoms. The third-order valence-corrected chi connectivity index (χ3v) is 6.96. The molecule has 2 saturated heterocycles. The van der Waals surface area contributed by atoms with E-state index in [4.69, 9.17) is 4.74 Å². The lowest BCUT2D eigenvalue weighted by molar-refractivity contribution is -0.143. The van der Waals surface area contributed by atoms with Crippen molar-refractivity contribution < 1.29 is 19.1 Å². The van der Waals surface area contributed by atoms with Gasteiger partial charge in [-0.05, 0) is 24.5 Å². The molecule has 2 aromatic carbocycles. The maximum absolute atomic E-state index is 13.8. The number of anilines is 1.